The van der Waals surface area contributed by atoms with Crippen LogP contribution in [-0.4, -0.2) is 19.9 Å². The van der Waals surface area contributed by atoms with Crippen LogP contribution in [0.15, 0.2) is 158 Å². The van der Waals surface area contributed by atoms with E-state index in [1.165, 1.54) is 33.0 Å². The van der Waals surface area contributed by atoms with Gasteiger partial charge in [0.15, 0.2) is 17.5 Å². The summed E-state index contributed by atoms with van der Waals surface area (Å²) >= 11 is 0. The molecule has 232 valence electrons. The molecule has 9 rings (SSSR count). The minimum Gasteiger partial charge on any atom is -0.256 e. The summed E-state index contributed by atoms with van der Waals surface area (Å²) in [6.45, 7) is 4.68. The fourth-order valence-electron chi connectivity index (χ4n) is 7.23. The molecule has 0 amide bonds. The number of fused-ring (bicyclic) bond motifs is 5. The third-order valence-electron chi connectivity index (χ3n) is 9.75. The maximum Gasteiger partial charge on any atom is 0.164 e. The normalized spacial score (nSPS) is 12.9. The van der Waals surface area contributed by atoms with Gasteiger partial charge in [-0.3, -0.25) is 4.98 Å². The predicted molar refractivity (Wildman–Crippen MR) is 200 cm³/mol. The van der Waals surface area contributed by atoms with Gasteiger partial charge >= 0.3 is 0 Å². The van der Waals surface area contributed by atoms with Crippen LogP contribution in [0, 0.1) is 0 Å². The number of hydrogen-bond acceptors (Lipinski definition) is 4. The molecule has 0 saturated heterocycles. The summed E-state index contributed by atoms with van der Waals surface area (Å²) in [4.78, 5) is 19.8. The average molecular weight is 629 g/mol. The molecule has 0 fully saturated rings. The molecule has 6 aromatic carbocycles. The lowest BCUT2D eigenvalue weighted by molar-refractivity contribution is 0.661. The Kier molecular flexibility index (Phi) is 6.77. The molecule has 4 heteroatoms. The van der Waals surface area contributed by atoms with Crippen molar-refractivity contribution in [3.8, 4) is 67.7 Å². The van der Waals surface area contributed by atoms with E-state index in [1.54, 1.807) is 0 Å². The minimum absolute atomic E-state index is 0.143. The van der Waals surface area contributed by atoms with Gasteiger partial charge in [0.1, 0.15) is 0 Å². The van der Waals surface area contributed by atoms with Crippen LogP contribution in [0.2, 0.25) is 0 Å². The highest BCUT2D eigenvalue weighted by Gasteiger charge is 2.36. The molecule has 1 aliphatic carbocycles. The average Bonchev–Trinajstić information content (AvgIpc) is 3.41. The molecule has 0 N–H and O–H groups in total. The van der Waals surface area contributed by atoms with Crippen LogP contribution in [0.1, 0.15) is 25.0 Å². The third-order valence-corrected chi connectivity index (χ3v) is 9.75. The van der Waals surface area contributed by atoms with Crippen molar-refractivity contribution in [2.24, 2.45) is 0 Å². The molecule has 1 aliphatic rings. The van der Waals surface area contributed by atoms with E-state index in [-0.39, 0.29) is 5.41 Å². The maximum absolute atomic E-state index is 5.06. The number of pyridine rings is 1. The summed E-state index contributed by atoms with van der Waals surface area (Å²) in [6.07, 6.45) is 1.84. The van der Waals surface area contributed by atoms with Gasteiger partial charge in [0.05, 0.1) is 5.69 Å². The van der Waals surface area contributed by atoms with Crippen LogP contribution >= 0.6 is 0 Å². The lowest BCUT2D eigenvalue weighted by Crippen LogP contribution is -2.15. The van der Waals surface area contributed by atoms with Gasteiger partial charge in [0.2, 0.25) is 0 Å². The Hall–Kier alpha value is -6.26. The Morgan fingerprint density at radius 2 is 1.04 bits per heavy atom. The zero-order chi connectivity index (χ0) is 33.0. The SMILES string of the molecule is CC1(C)c2cc(-c3cc(-c4ccccn4)cc(-c4nc(-c5ccccc5)nc(-c5ccccc5)n4)c3)ccc2-c2c1ccc1ccccc21. The molecule has 0 radical (unpaired) electrons. The van der Waals surface area contributed by atoms with E-state index in [4.69, 9.17) is 19.9 Å². The number of nitrogens with zero attached hydrogens (tertiary/aromatic N) is 4. The van der Waals surface area contributed by atoms with Gasteiger partial charge in [-0.2, -0.15) is 0 Å². The fourth-order valence-corrected chi connectivity index (χ4v) is 7.23. The van der Waals surface area contributed by atoms with E-state index in [2.05, 4.69) is 92.7 Å². The van der Waals surface area contributed by atoms with Gasteiger partial charge in [-0.25, -0.2) is 15.0 Å². The van der Waals surface area contributed by atoms with E-state index in [1.807, 2.05) is 79.0 Å². The van der Waals surface area contributed by atoms with Gasteiger partial charge in [-0.1, -0.05) is 129 Å². The summed E-state index contributed by atoms with van der Waals surface area (Å²) in [6, 6.07) is 53.0. The number of rotatable bonds is 5. The standard InChI is InChI=1S/C45H32N4/c1-45(2)38-23-21-29-13-9-10-18-36(29)41(38)37-22-20-32(28-39(37)45)33-25-34(40-19-11-12-24-46-40)27-35(26-33)44-48-42(30-14-5-3-6-15-30)47-43(49-44)31-16-7-4-8-17-31/h3-28H,1-2H3. The molecule has 49 heavy (non-hydrogen) atoms. The molecule has 2 heterocycles. The lowest BCUT2D eigenvalue weighted by atomic mass is 9.81. The molecule has 8 aromatic rings. The van der Waals surface area contributed by atoms with E-state index in [9.17, 15) is 0 Å². The molecule has 2 aromatic heterocycles. The van der Waals surface area contributed by atoms with Crippen LogP contribution in [0.5, 0.6) is 0 Å². The Morgan fingerprint density at radius 3 is 1.73 bits per heavy atom. The summed E-state index contributed by atoms with van der Waals surface area (Å²) in [5.41, 5.74) is 12.1. The molecule has 0 bridgehead atoms. The molecule has 4 nitrogen and oxygen atoms in total. The van der Waals surface area contributed by atoms with Crippen molar-refractivity contribution in [3.63, 3.8) is 0 Å². The summed E-state index contributed by atoms with van der Waals surface area (Å²) < 4.78 is 0. The Balaban J connectivity index is 1.24. The van der Waals surface area contributed by atoms with Crippen molar-refractivity contribution in [1.82, 2.24) is 19.9 Å². The molecular weight excluding hydrogens is 597 g/mol. The summed E-state index contributed by atoms with van der Waals surface area (Å²) in [7, 11) is 0. The van der Waals surface area contributed by atoms with Gasteiger partial charge in [0, 0.05) is 33.9 Å². The maximum atomic E-state index is 5.06. The lowest BCUT2D eigenvalue weighted by Gasteiger charge is -2.22. The monoisotopic (exact) mass is 628 g/mol. The van der Waals surface area contributed by atoms with Crippen molar-refractivity contribution in [1.29, 1.82) is 0 Å². The molecule has 0 aliphatic heterocycles. The quantitative estimate of drug-likeness (QED) is 0.190. The molecule has 0 unspecified atom stereocenters. The van der Waals surface area contributed by atoms with Gasteiger partial charge in [-0.05, 0) is 80.6 Å². The van der Waals surface area contributed by atoms with E-state index in [0.29, 0.717) is 17.5 Å². The second-order valence-corrected chi connectivity index (χ2v) is 13.1. The number of hydrogen-bond donors (Lipinski definition) is 0. The number of aromatic nitrogens is 4. The van der Waals surface area contributed by atoms with E-state index < -0.39 is 0 Å². The Labute approximate surface area is 285 Å². The Morgan fingerprint density at radius 1 is 0.429 bits per heavy atom. The van der Waals surface area contributed by atoms with Crippen LogP contribution in [0.25, 0.3) is 78.4 Å². The van der Waals surface area contributed by atoms with Crippen LogP contribution < -0.4 is 0 Å². The van der Waals surface area contributed by atoms with Crippen molar-refractivity contribution in [2.75, 3.05) is 0 Å². The predicted octanol–water partition coefficient (Wildman–Crippen LogP) is 11.1. The molecule has 0 saturated carbocycles. The Bertz CT molecular complexity index is 2450. The van der Waals surface area contributed by atoms with Crippen LogP contribution in [0.3, 0.4) is 0 Å². The first-order valence-electron chi connectivity index (χ1n) is 16.6. The van der Waals surface area contributed by atoms with Crippen molar-refractivity contribution < 1.29 is 0 Å². The second-order valence-electron chi connectivity index (χ2n) is 13.1. The molecule has 0 atom stereocenters. The van der Waals surface area contributed by atoms with Crippen LogP contribution in [0.4, 0.5) is 0 Å². The van der Waals surface area contributed by atoms with Crippen LogP contribution in [-0.2, 0) is 5.41 Å². The van der Waals surface area contributed by atoms with Gasteiger partial charge in [-0.15, -0.1) is 0 Å². The highest BCUT2D eigenvalue weighted by atomic mass is 15.0. The largest absolute Gasteiger partial charge is 0.256 e. The molecule has 0 spiro atoms. The highest BCUT2D eigenvalue weighted by Crippen LogP contribution is 2.52. The first-order valence-corrected chi connectivity index (χ1v) is 16.6. The van der Waals surface area contributed by atoms with Crippen molar-refractivity contribution in [3.05, 3.63) is 169 Å². The zero-order valence-electron chi connectivity index (χ0n) is 27.3. The topological polar surface area (TPSA) is 51.6 Å². The fraction of sp³-hybridized carbons (Fsp3) is 0.0667. The zero-order valence-corrected chi connectivity index (χ0v) is 27.3. The summed E-state index contributed by atoms with van der Waals surface area (Å²) in [5.74, 6) is 1.89. The van der Waals surface area contributed by atoms with Crippen molar-refractivity contribution >= 4 is 10.8 Å². The van der Waals surface area contributed by atoms with Gasteiger partial charge < -0.3 is 0 Å². The highest BCUT2D eigenvalue weighted by molar-refractivity contribution is 6.03. The van der Waals surface area contributed by atoms with E-state index in [0.717, 1.165) is 39.1 Å². The van der Waals surface area contributed by atoms with Crippen molar-refractivity contribution in [2.45, 2.75) is 19.3 Å². The first-order chi connectivity index (χ1) is 24.0. The third kappa shape index (κ3) is 5.01. The second kappa shape index (κ2) is 11.5. The summed E-state index contributed by atoms with van der Waals surface area (Å²) in [5, 5.41) is 2.57. The smallest absolute Gasteiger partial charge is 0.164 e. The minimum atomic E-state index is -0.143. The van der Waals surface area contributed by atoms with E-state index >= 15 is 0 Å². The molecular formula is C45H32N4. The number of benzene rings is 6. The van der Waals surface area contributed by atoms with Gasteiger partial charge in [0.25, 0.3) is 0 Å². The first kappa shape index (κ1) is 28.9.